The molecule has 1 atom stereocenters. The second-order valence-corrected chi connectivity index (χ2v) is 10.7. The number of aromatic nitrogens is 6. The van der Waals surface area contributed by atoms with Crippen LogP contribution >= 0.6 is 11.6 Å². The van der Waals surface area contributed by atoms with Gasteiger partial charge in [0, 0.05) is 22.0 Å². The Hall–Kier alpha value is -5.47. The molecule has 0 saturated heterocycles. The lowest BCUT2D eigenvalue weighted by Crippen LogP contribution is -2.13. The molecule has 0 radical (unpaired) electrons. The summed E-state index contributed by atoms with van der Waals surface area (Å²) in [5.74, 6) is 1.52. The molecule has 0 aliphatic heterocycles. The van der Waals surface area contributed by atoms with Gasteiger partial charge < -0.3 is 14.0 Å². The van der Waals surface area contributed by atoms with Crippen molar-refractivity contribution in [2.45, 2.75) is 12.8 Å². The molecule has 3 aromatic heterocycles. The first kappa shape index (κ1) is 27.4. The van der Waals surface area contributed by atoms with Crippen LogP contribution in [0.2, 0.25) is 5.02 Å². The van der Waals surface area contributed by atoms with E-state index in [2.05, 4.69) is 87.0 Å². The topological polar surface area (TPSA) is 79.9 Å². The number of pyridine rings is 1. The maximum Gasteiger partial charge on any atom is 0.184 e. The molecule has 0 aliphatic rings. The number of halogens is 1. The smallest absolute Gasteiger partial charge is 0.184 e. The van der Waals surface area contributed by atoms with Gasteiger partial charge in [0.15, 0.2) is 6.73 Å². The zero-order chi connectivity index (χ0) is 29.9. The van der Waals surface area contributed by atoms with Crippen molar-refractivity contribution < 1.29 is 9.47 Å². The molecular weight excluding hydrogens is 572 g/mol. The summed E-state index contributed by atoms with van der Waals surface area (Å²) in [5.41, 5.74) is 5.92. The van der Waals surface area contributed by atoms with Crippen LogP contribution in [0, 0.1) is 0 Å². The number of ether oxygens (including phenoxy) is 2. The van der Waals surface area contributed by atoms with Gasteiger partial charge in [-0.1, -0.05) is 72.3 Å². The molecule has 0 aliphatic carbocycles. The molecule has 0 saturated carbocycles. The molecule has 0 bridgehead atoms. The van der Waals surface area contributed by atoms with Gasteiger partial charge in [0.1, 0.15) is 17.8 Å². The van der Waals surface area contributed by atoms with Crippen LogP contribution in [0.25, 0.3) is 34.0 Å². The molecule has 7 aromatic rings. The van der Waals surface area contributed by atoms with Crippen LogP contribution in [0.3, 0.4) is 0 Å². The van der Waals surface area contributed by atoms with Crippen LogP contribution in [0.15, 0.2) is 116 Å². The lowest BCUT2D eigenvalue weighted by Gasteiger charge is -2.23. The van der Waals surface area contributed by atoms with E-state index in [9.17, 15) is 0 Å². The number of hydrogen-bond donors (Lipinski definition) is 0. The fourth-order valence-corrected chi connectivity index (χ4v) is 5.60. The van der Waals surface area contributed by atoms with Crippen LogP contribution in [-0.2, 0) is 6.73 Å². The van der Waals surface area contributed by atoms with Crippen molar-refractivity contribution in [3.05, 3.63) is 143 Å². The highest BCUT2D eigenvalue weighted by Crippen LogP contribution is 2.36. The van der Waals surface area contributed by atoms with Gasteiger partial charge in [0.25, 0.3) is 0 Å². The summed E-state index contributed by atoms with van der Waals surface area (Å²) in [4.78, 5) is 4.78. The van der Waals surface area contributed by atoms with E-state index in [1.165, 1.54) is 6.33 Å². The van der Waals surface area contributed by atoms with Crippen molar-refractivity contribution >= 4 is 45.6 Å². The molecule has 0 spiro atoms. The van der Waals surface area contributed by atoms with Gasteiger partial charge in [0.2, 0.25) is 0 Å². The first-order chi connectivity index (χ1) is 21.6. The van der Waals surface area contributed by atoms with Crippen LogP contribution in [0.1, 0.15) is 28.4 Å². The lowest BCUT2D eigenvalue weighted by atomic mass is 9.96. The third-order valence-corrected chi connectivity index (χ3v) is 7.72. The number of hydrogen-bond acceptors (Lipinski definition) is 6. The Bertz CT molecular complexity index is 2100. The number of tetrazole rings is 1. The van der Waals surface area contributed by atoms with Crippen LogP contribution < -0.4 is 9.47 Å². The van der Waals surface area contributed by atoms with Crippen molar-refractivity contribution in [1.82, 2.24) is 29.8 Å². The Balaban J connectivity index is 1.29. The zero-order valence-corrected chi connectivity index (χ0v) is 24.5. The van der Waals surface area contributed by atoms with E-state index < -0.39 is 0 Å². The summed E-state index contributed by atoms with van der Waals surface area (Å²) < 4.78 is 15.6. The summed E-state index contributed by atoms with van der Waals surface area (Å²) in [5, 5.41) is 14.1. The predicted molar refractivity (Wildman–Crippen MR) is 173 cm³/mol. The van der Waals surface area contributed by atoms with Gasteiger partial charge in [-0.05, 0) is 81.7 Å². The van der Waals surface area contributed by atoms with E-state index in [1.54, 1.807) is 11.8 Å². The molecule has 0 N–H and O–H groups in total. The van der Waals surface area contributed by atoms with Gasteiger partial charge in [-0.3, -0.25) is 0 Å². The van der Waals surface area contributed by atoms with Gasteiger partial charge in [-0.2, -0.15) is 4.68 Å². The monoisotopic (exact) mass is 598 g/mol. The van der Waals surface area contributed by atoms with Gasteiger partial charge in [0.05, 0.1) is 29.9 Å². The van der Waals surface area contributed by atoms with Crippen molar-refractivity contribution in [1.29, 1.82) is 0 Å². The molecular formula is C35H27ClN6O2. The Morgan fingerprint density at radius 1 is 0.841 bits per heavy atom. The molecule has 7 rings (SSSR count). The second-order valence-electron chi connectivity index (χ2n) is 10.3. The number of nitrogens with zero attached hydrogens (tertiary/aromatic N) is 6. The summed E-state index contributed by atoms with van der Waals surface area (Å²) in [6.07, 6.45) is 7.74. The van der Waals surface area contributed by atoms with Crippen LogP contribution in [0.4, 0.5) is 0 Å². The van der Waals surface area contributed by atoms with Gasteiger partial charge in [-0.15, -0.1) is 5.10 Å². The number of para-hydroxylation sites is 1. The number of rotatable bonds is 9. The van der Waals surface area contributed by atoms with E-state index in [-0.39, 0.29) is 12.8 Å². The van der Waals surface area contributed by atoms with Crippen molar-refractivity contribution in [2.75, 3.05) is 7.11 Å². The minimum Gasteiger partial charge on any atom is -0.497 e. The van der Waals surface area contributed by atoms with E-state index in [1.807, 2.05) is 54.6 Å². The normalized spacial score (nSPS) is 12.2. The van der Waals surface area contributed by atoms with E-state index in [0.29, 0.717) is 5.02 Å². The average Bonchev–Trinajstić information content (AvgIpc) is 3.74. The molecule has 1 unspecified atom stereocenters. The number of benzene rings is 4. The molecule has 8 nitrogen and oxygen atoms in total. The Morgan fingerprint density at radius 2 is 1.68 bits per heavy atom. The first-order valence-electron chi connectivity index (χ1n) is 14.1. The minimum absolute atomic E-state index is 0.172. The van der Waals surface area contributed by atoms with Crippen molar-refractivity contribution in [3.8, 4) is 11.5 Å². The van der Waals surface area contributed by atoms with Crippen LogP contribution in [-0.4, -0.2) is 36.9 Å². The molecule has 3 heterocycles. The third-order valence-electron chi connectivity index (χ3n) is 7.48. The molecule has 0 fully saturated rings. The zero-order valence-electron chi connectivity index (χ0n) is 23.8. The molecule has 44 heavy (non-hydrogen) atoms. The first-order valence-corrected chi connectivity index (χ1v) is 14.4. The summed E-state index contributed by atoms with van der Waals surface area (Å²) in [6.45, 7) is 0.191. The van der Waals surface area contributed by atoms with E-state index in [0.717, 1.165) is 55.7 Å². The molecule has 9 heteroatoms. The SMILES string of the molecule is COc1cccc(C(c2cccc(/C=C/c3ccc4ccc(Cl)cc4n3)c2)n2ccc3cccc(OCn4cnnn4)c32)c1. The maximum absolute atomic E-state index is 6.23. The summed E-state index contributed by atoms with van der Waals surface area (Å²) >= 11 is 6.21. The molecule has 216 valence electrons. The third kappa shape index (κ3) is 5.63. The Labute approximate surface area is 258 Å². The molecule has 0 amide bonds. The second kappa shape index (κ2) is 12.0. The summed E-state index contributed by atoms with van der Waals surface area (Å²) in [6, 6.07) is 34.5. The highest BCUT2D eigenvalue weighted by molar-refractivity contribution is 6.31. The van der Waals surface area contributed by atoms with Gasteiger partial charge in [-0.25, -0.2) is 4.98 Å². The fraction of sp³-hybridized carbons (Fsp3) is 0.0857. The van der Waals surface area contributed by atoms with E-state index in [4.69, 9.17) is 26.1 Å². The maximum atomic E-state index is 6.23. The minimum atomic E-state index is -0.172. The number of fused-ring (bicyclic) bond motifs is 2. The largest absolute Gasteiger partial charge is 0.497 e. The Kier molecular flexibility index (Phi) is 7.48. The fourth-order valence-electron chi connectivity index (χ4n) is 5.43. The average molecular weight is 599 g/mol. The Morgan fingerprint density at radius 3 is 2.55 bits per heavy atom. The van der Waals surface area contributed by atoms with Gasteiger partial charge >= 0.3 is 0 Å². The predicted octanol–water partition coefficient (Wildman–Crippen LogP) is 7.68. The lowest BCUT2D eigenvalue weighted by molar-refractivity contribution is 0.220. The highest BCUT2D eigenvalue weighted by atomic mass is 35.5. The van der Waals surface area contributed by atoms with Crippen molar-refractivity contribution in [3.63, 3.8) is 0 Å². The van der Waals surface area contributed by atoms with Crippen LogP contribution in [0.5, 0.6) is 11.5 Å². The van der Waals surface area contributed by atoms with Crippen molar-refractivity contribution in [2.24, 2.45) is 0 Å². The molecule has 4 aromatic carbocycles. The quantitative estimate of drug-likeness (QED) is 0.169. The van der Waals surface area contributed by atoms with E-state index >= 15 is 0 Å². The number of methoxy groups -OCH3 is 1. The highest BCUT2D eigenvalue weighted by Gasteiger charge is 2.21. The standard InChI is InChI=1S/C35H27ClN6O2/c1-43-31-9-3-8-28(20-31)34(42-18-17-26-6-4-10-33(35(26)42)44-23-41-22-37-39-40-41)27-7-2-5-24(19-27)11-15-30-16-13-25-12-14-29(36)21-32(25)38-30/h2-22,34H,23H2,1H3/b15-11+. The summed E-state index contributed by atoms with van der Waals surface area (Å²) in [7, 11) is 1.68.